The summed E-state index contributed by atoms with van der Waals surface area (Å²) in [5.41, 5.74) is 0. The molecule has 0 aromatic heterocycles. The molecule has 1 unspecified atom stereocenters. The zero-order chi connectivity index (χ0) is 59.9. The van der Waals surface area contributed by atoms with Crippen molar-refractivity contribution in [1.29, 1.82) is 0 Å². The topological polar surface area (TPSA) is 78.9 Å². The molecule has 1 atom stereocenters. The highest BCUT2D eigenvalue weighted by Crippen LogP contribution is 2.20. The van der Waals surface area contributed by atoms with E-state index in [1.807, 2.05) is 0 Å². The van der Waals surface area contributed by atoms with Gasteiger partial charge in [-0.25, -0.2) is 0 Å². The predicted molar refractivity (Wildman–Crippen MR) is 363 cm³/mol. The van der Waals surface area contributed by atoms with Gasteiger partial charge in [0.1, 0.15) is 13.2 Å². The minimum absolute atomic E-state index is 0.0690. The van der Waals surface area contributed by atoms with E-state index in [-0.39, 0.29) is 31.1 Å². The van der Waals surface area contributed by atoms with Crippen molar-refractivity contribution in [3.8, 4) is 0 Å². The fourth-order valence-electron chi connectivity index (χ4n) is 11.8. The van der Waals surface area contributed by atoms with E-state index >= 15 is 0 Å². The van der Waals surface area contributed by atoms with Gasteiger partial charge in [-0.3, -0.25) is 14.4 Å². The van der Waals surface area contributed by atoms with Crippen molar-refractivity contribution in [2.75, 3.05) is 13.2 Å². The lowest BCUT2D eigenvalue weighted by molar-refractivity contribution is -0.167. The largest absolute Gasteiger partial charge is 0.462 e. The lowest BCUT2D eigenvalue weighted by Crippen LogP contribution is -2.30. The molecule has 0 bridgehead atoms. The van der Waals surface area contributed by atoms with E-state index in [1.54, 1.807) is 0 Å². The highest BCUT2D eigenvalue weighted by Gasteiger charge is 2.20. The first-order chi connectivity index (χ1) is 41.0. The summed E-state index contributed by atoms with van der Waals surface area (Å²) in [6.07, 6.45) is 89.4. The molecule has 0 fully saturated rings. The molecule has 0 spiro atoms. The van der Waals surface area contributed by atoms with Crippen LogP contribution in [0, 0.1) is 0 Å². The average Bonchev–Trinajstić information content (AvgIpc) is 3.49. The number of unbranched alkanes of at least 4 members (excludes halogenated alkanes) is 56. The maximum absolute atomic E-state index is 13.0. The van der Waals surface area contributed by atoms with Crippen molar-refractivity contribution in [2.45, 2.75) is 438 Å². The molecule has 0 aliphatic heterocycles. The van der Waals surface area contributed by atoms with E-state index in [2.05, 4.69) is 45.1 Å². The van der Waals surface area contributed by atoms with Crippen LogP contribution in [0.15, 0.2) is 24.3 Å². The van der Waals surface area contributed by atoms with Crippen LogP contribution >= 0.6 is 0 Å². The number of hydrogen-bond acceptors (Lipinski definition) is 6. The number of carbonyl (C=O) groups excluding carboxylic acids is 3. The van der Waals surface area contributed by atoms with Crippen LogP contribution in [0.3, 0.4) is 0 Å². The van der Waals surface area contributed by atoms with Crippen LogP contribution in [0.2, 0.25) is 0 Å². The summed E-state index contributed by atoms with van der Waals surface area (Å²) in [6.45, 7) is 6.71. The Kier molecular flexibility index (Phi) is 70.5. The smallest absolute Gasteiger partial charge is 0.306 e. The predicted octanol–water partition coefficient (Wildman–Crippen LogP) is 26.1. The first-order valence-electron chi connectivity index (χ1n) is 37.8. The molecule has 0 saturated heterocycles. The van der Waals surface area contributed by atoms with E-state index in [4.69, 9.17) is 14.2 Å². The second-order valence-electron chi connectivity index (χ2n) is 25.9. The minimum Gasteiger partial charge on any atom is -0.462 e. The Bertz CT molecular complexity index is 1340. The number of allylic oxidation sites excluding steroid dienone is 4. The van der Waals surface area contributed by atoms with Crippen molar-refractivity contribution >= 4 is 17.9 Å². The van der Waals surface area contributed by atoms with Crippen molar-refractivity contribution < 1.29 is 28.6 Å². The molecule has 0 saturated carbocycles. The monoisotopic (exact) mass is 1170 g/mol. The summed E-state index contributed by atoms with van der Waals surface area (Å²) in [7, 11) is 0. The van der Waals surface area contributed by atoms with Crippen LogP contribution in [-0.4, -0.2) is 37.2 Å². The molecule has 0 heterocycles. The van der Waals surface area contributed by atoms with Gasteiger partial charge in [0, 0.05) is 19.3 Å². The van der Waals surface area contributed by atoms with E-state index < -0.39 is 6.10 Å². The van der Waals surface area contributed by atoms with Gasteiger partial charge in [-0.15, -0.1) is 0 Å². The van der Waals surface area contributed by atoms with Crippen molar-refractivity contribution in [3.05, 3.63) is 24.3 Å². The second-order valence-corrected chi connectivity index (χ2v) is 25.9. The Labute approximate surface area is 519 Å². The van der Waals surface area contributed by atoms with E-state index in [0.29, 0.717) is 19.3 Å². The second kappa shape index (κ2) is 72.4. The standard InChI is InChI=1S/C77H146O6/c1-4-7-10-13-16-19-22-25-28-31-33-35-36-37-38-39-40-41-43-44-46-49-52-55-58-61-64-67-70-76(79)82-73-74(72-81-75(78)69-66-63-60-57-54-51-48-30-27-24-21-18-15-12-9-6-3)83-77(80)71-68-65-62-59-56-53-50-47-45-42-34-32-29-26-23-20-17-14-11-8-5-2/h21,24,30,48,74H,4-20,22-23,25-29,31-47,49-73H2,1-3H3/b24-21-,48-30-. The molecule has 0 radical (unpaired) electrons. The first kappa shape index (κ1) is 80.9. The normalized spacial score (nSPS) is 12.1. The van der Waals surface area contributed by atoms with Crippen LogP contribution < -0.4 is 0 Å². The Hall–Kier alpha value is -2.11. The Morgan fingerprint density at radius 1 is 0.241 bits per heavy atom. The van der Waals surface area contributed by atoms with E-state index in [0.717, 1.165) is 77.0 Å². The summed E-state index contributed by atoms with van der Waals surface area (Å²) in [4.78, 5) is 38.5. The van der Waals surface area contributed by atoms with E-state index in [1.165, 1.54) is 315 Å². The molecule has 490 valence electrons. The summed E-state index contributed by atoms with van der Waals surface area (Å²) in [6, 6.07) is 0. The SMILES string of the molecule is CCCCCC/C=C\C/C=C\CCCCCCCC(=O)OCC(COC(=O)CCCCCCCCCCCCCCCCCCCCCCCCCCCCCC)OC(=O)CCCCCCCCCCCCCCCCCCCCCCC. The lowest BCUT2D eigenvalue weighted by atomic mass is 10.0. The van der Waals surface area contributed by atoms with Crippen LogP contribution in [-0.2, 0) is 28.6 Å². The minimum atomic E-state index is -0.775. The molecule has 0 N–H and O–H groups in total. The number of carbonyl (C=O) groups is 3. The van der Waals surface area contributed by atoms with Crippen molar-refractivity contribution in [3.63, 3.8) is 0 Å². The van der Waals surface area contributed by atoms with E-state index in [9.17, 15) is 14.4 Å². The molecular formula is C77H146O6. The summed E-state index contributed by atoms with van der Waals surface area (Å²) < 4.78 is 17.0. The Morgan fingerprint density at radius 2 is 0.434 bits per heavy atom. The fourth-order valence-corrected chi connectivity index (χ4v) is 11.8. The zero-order valence-electron chi connectivity index (χ0n) is 56.5. The van der Waals surface area contributed by atoms with Gasteiger partial charge in [0.15, 0.2) is 6.10 Å². The molecule has 0 aliphatic rings. The molecule has 0 amide bonds. The molecule has 6 nitrogen and oxygen atoms in total. The highest BCUT2D eigenvalue weighted by molar-refractivity contribution is 5.71. The third-order valence-corrected chi connectivity index (χ3v) is 17.5. The molecule has 0 rings (SSSR count). The average molecular weight is 1170 g/mol. The lowest BCUT2D eigenvalue weighted by Gasteiger charge is -2.18. The summed E-state index contributed by atoms with van der Waals surface area (Å²) in [5, 5.41) is 0. The van der Waals surface area contributed by atoms with Gasteiger partial charge in [-0.2, -0.15) is 0 Å². The van der Waals surface area contributed by atoms with Gasteiger partial charge in [0.05, 0.1) is 0 Å². The van der Waals surface area contributed by atoms with Crippen LogP contribution in [0.1, 0.15) is 432 Å². The maximum atomic E-state index is 13.0. The molecule has 0 aliphatic carbocycles. The number of ether oxygens (including phenoxy) is 3. The van der Waals surface area contributed by atoms with Gasteiger partial charge in [0.25, 0.3) is 0 Å². The highest BCUT2D eigenvalue weighted by atomic mass is 16.6. The molecule has 0 aromatic carbocycles. The van der Waals surface area contributed by atoms with Gasteiger partial charge >= 0.3 is 17.9 Å². The number of esters is 3. The third-order valence-electron chi connectivity index (χ3n) is 17.5. The van der Waals surface area contributed by atoms with Crippen LogP contribution in [0.5, 0.6) is 0 Å². The quantitative estimate of drug-likeness (QED) is 0.0261. The first-order valence-corrected chi connectivity index (χ1v) is 37.8. The Morgan fingerprint density at radius 3 is 0.675 bits per heavy atom. The zero-order valence-corrected chi connectivity index (χ0v) is 56.5. The van der Waals surface area contributed by atoms with Gasteiger partial charge in [-0.1, -0.05) is 385 Å². The summed E-state index contributed by atoms with van der Waals surface area (Å²) >= 11 is 0. The molecule has 6 heteroatoms. The van der Waals surface area contributed by atoms with Crippen molar-refractivity contribution in [1.82, 2.24) is 0 Å². The van der Waals surface area contributed by atoms with Crippen molar-refractivity contribution in [2.24, 2.45) is 0 Å². The fraction of sp³-hybridized carbons (Fsp3) is 0.909. The Balaban J connectivity index is 4.22. The van der Waals surface area contributed by atoms with Crippen LogP contribution in [0.4, 0.5) is 0 Å². The number of hydrogen-bond donors (Lipinski definition) is 0. The summed E-state index contributed by atoms with van der Waals surface area (Å²) in [5.74, 6) is -0.847. The number of rotatable bonds is 71. The third kappa shape index (κ3) is 70.5. The molecule has 83 heavy (non-hydrogen) atoms. The van der Waals surface area contributed by atoms with Crippen LogP contribution in [0.25, 0.3) is 0 Å². The maximum Gasteiger partial charge on any atom is 0.306 e. The molecular weight excluding hydrogens is 1020 g/mol. The van der Waals surface area contributed by atoms with Gasteiger partial charge in [-0.05, 0) is 51.4 Å². The van der Waals surface area contributed by atoms with Gasteiger partial charge in [0.2, 0.25) is 0 Å². The molecule has 0 aromatic rings. The van der Waals surface area contributed by atoms with Gasteiger partial charge < -0.3 is 14.2 Å².